The first-order valence-corrected chi connectivity index (χ1v) is 9.95. The maximum absolute atomic E-state index is 13.2. The van der Waals surface area contributed by atoms with Crippen molar-refractivity contribution >= 4 is 24.6 Å². The highest BCUT2D eigenvalue weighted by Gasteiger charge is 2.37. The third kappa shape index (κ3) is 4.58. The second-order valence-electron chi connectivity index (χ2n) is 4.67. The summed E-state index contributed by atoms with van der Waals surface area (Å²) in [6, 6.07) is 11.3. The number of anilines is 1. The monoisotopic (exact) mass is 355 g/mol. The maximum Gasteiger partial charge on any atom is 0.358 e. The summed E-state index contributed by atoms with van der Waals surface area (Å²) in [5.41, 5.74) is 0.823. The summed E-state index contributed by atoms with van der Waals surface area (Å²) in [5, 5.41) is 5.23. The third-order valence-electron chi connectivity index (χ3n) is 3.14. The van der Waals surface area contributed by atoms with Gasteiger partial charge in [0.05, 0.1) is 20.3 Å². The van der Waals surface area contributed by atoms with E-state index in [1.165, 1.54) is 11.3 Å². The molecule has 0 aliphatic carbocycles. The van der Waals surface area contributed by atoms with Gasteiger partial charge in [-0.3, -0.25) is 4.57 Å². The van der Waals surface area contributed by atoms with Crippen molar-refractivity contribution in [1.29, 1.82) is 0 Å². The number of ether oxygens (including phenoxy) is 1. The second-order valence-corrected chi connectivity index (χ2v) is 7.76. The molecule has 0 spiro atoms. The summed E-state index contributed by atoms with van der Waals surface area (Å²) >= 11 is 1.52. The Morgan fingerprint density at radius 2 is 1.78 bits per heavy atom. The van der Waals surface area contributed by atoms with Gasteiger partial charge in [-0.2, -0.15) is 0 Å². The summed E-state index contributed by atoms with van der Waals surface area (Å²) in [6.45, 7) is 4.27. The zero-order chi connectivity index (χ0) is 16.7. The normalized spacial score (nSPS) is 12.8. The molecule has 1 aromatic heterocycles. The van der Waals surface area contributed by atoms with Gasteiger partial charge >= 0.3 is 7.60 Å². The Bertz CT molecular complexity index is 620. The average Bonchev–Trinajstić information content (AvgIpc) is 3.07. The van der Waals surface area contributed by atoms with Gasteiger partial charge in [0.1, 0.15) is 5.75 Å². The van der Waals surface area contributed by atoms with Crippen molar-refractivity contribution in [2.24, 2.45) is 0 Å². The van der Waals surface area contributed by atoms with Crippen molar-refractivity contribution < 1.29 is 18.3 Å². The van der Waals surface area contributed by atoms with E-state index in [0.717, 1.165) is 16.3 Å². The molecule has 1 N–H and O–H groups in total. The largest absolute Gasteiger partial charge is 0.497 e. The van der Waals surface area contributed by atoms with Crippen LogP contribution in [-0.4, -0.2) is 20.3 Å². The number of hydrogen-bond donors (Lipinski definition) is 1. The van der Waals surface area contributed by atoms with Crippen LogP contribution in [0.15, 0.2) is 41.8 Å². The molecule has 126 valence electrons. The first kappa shape index (κ1) is 18.0. The quantitative estimate of drug-likeness (QED) is 0.632. The van der Waals surface area contributed by atoms with Gasteiger partial charge in [0.15, 0.2) is 5.78 Å². The molecule has 0 saturated carbocycles. The fourth-order valence-corrected chi connectivity index (χ4v) is 5.17. The zero-order valence-corrected chi connectivity index (χ0v) is 15.2. The number of benzene rings is 1. The van der Waals surface area contributed by atoms with Crippen molar-refractivity contribution in [2.45, 2.75) is 19.6 Å². The van der Waals surface area contributed by atoms with Crippen LogP contribution >= 0.6 is 18.9 Å². The van der Waals surface area contributed by atoms with Gasteiger partial charge in [-0.05, 0) is 49.6 Å². The van der Waals surface area contributed by atoms with Gasteiger partial charge < -0.3 is 19.1 Å². The van der Waals surface area contributed by atoms with Gasteiger partial charge in [0.25, 0.3) is 0 Å². The van der Waals surface area contributed by atoms with E-state index in [-0.39, 0.29) is 0 Å². The van der Waals surface area contributed by atoms with Gasteiger partial charge in [-0.25, -0.2) is 0 Å². The lowest BCUT2D eigenvalue weighted by Gasteiger charge is -2.27. The molecule has 0 aliphatic heterocycles. The molecule has 5 nitrogen and oxygen atoms in total. The summed E-state index contributed by atoms with van der Waals surface area (Å²) in [7, 11) is -1.71. The number of methoxy groups -OCH3 is 1. The Morgan fingerprint density at radius 1 is 1.13 bits per heavy atom. The van der Waals surface area contributed by atoms with Gasteiger partial charge in [0.2, 0.25) is 0 Å². The Balaban J connectivity index is 2.31. The fourth-order valence-electron chi connectivity index (χ4n) is 2.14. The van der Waals surface area contributed by atoms with E-state index in [4.69, 9.17) is 13.8 Å². The summed E-state index contributed by atoms with van der Waals surface area (Å²) in [6.07, 6.45) is 0. The SMILES string of the molecule is CCOP(=O)(OCC)C(Nc1ccc(OC)cc1)c1cccs1. The van der Waals surface area contributed by atoms with E-state index in [1.807, 2.05) is 55.6 Å². The predicted molar refractivity (Wildman–Crippen MR) is 94.5 cm³/mol. The van der Waals surface area contributed by atoms with Crippen LogP contribution in [0, 0.1) is 0 Å². The van der Waals surface area contributed by atoms with Crippen LogP contribution in [0.1, 0.15) is 24.5 Å². The Kier molecular flexibility index (Phi) is 6.66. The Hall–Kier alpha value is -1.33. The Morgan fingerprint density at radius 3 is 2.26 bits per heavy atom. The predicted octanol–water partition coefficient (Wildman–Crippen LogP) is 5.13. The van der Waals surface area contributed by atoms with E-state index < -0.39 is 13.4 Å². The smallest absolute Gasteiger partial charge is 0.358 e. The first-order chi connectivity index (χ1) is 11.1. The first-order valence-electron chi connectivity index (χ1n) is 7.45. The number of rotatable bonds is 9. The maximum atomic E-state index is 13.2. The molecule has 23 heavy (non-hydrogen) atoms. The zero-order valence-electron chi connectivity index (χ0n) is 13.5. The van der Waals surface area contributed by atoms with Gasteiger partial charge in [-0.15, -0.1) is 11.3 Å². The van der Waals surface area contributed by atoms with E-state index in [2.05, 4.69) is 5.32 Å². The highest BCUT2D eigenvalue weighted by Crippen LogP contribution is 2.61. The Labute approximate surface area is 141 Å². The van der Waals surface area contributed by atoms with Crippen molar-refractivity contribution in [1.82, 2.24) is 0 Å². The molecule has 0 fully saturated rings. The van der Waals surface area contributed by atoms with Gasteiger partial charge in [-0.1, -0.05) is 6.07 Å². The second kappa shape index (κ2) is 8.50. The molecule has 0 amide bonds. The number of hydrogen-bond acceptors (Lipinski definition) is 6. The molecule has 1 aromatic carbocycles. The van der Waals surface area contributed by atoms with Crippen LogP contribution in [-0.2, 0) is 13.6 Å². The van der Waals surface area contributed by atoms with Crippen LogP contribution in [0.25, 0.3) is 0 Å². The topological polar surface area (TPSA) is 56.8 Å². The number of nitrogens with one attached hydrogen (secondary N) is 1. The minimum atomic E-state index is -3.33. The highest BCUT2D eigenvalue weighted by atomic mass is 32.1. The molecular weight excluding hydrogens is 333 g/mol. The summed E-state index contributed by atoms with van der Waals surface area (Å²) < 4.78 is 29.4. The molecule has 0 radical (unpaired) electrons. The van der Waals surface area contributed by atoms with Crippen LogP contribution in [0.2, 0.25) is 0 Å². The van der Waals surface area contributed by atoms with Crippen molar-refractivity contribution in [3.8, 4) is 5.75 Å². The molecule has 1 atom stereocenters. The van der Waals surface area contributed by atoms with Crippen LogP contribution < -0.4 is 10.1 Å². The van der Waals surface area contributed by atoms with E-state index in [0.29, 0.717) is 13.2 Å². The lowest BCUT2D eigenvalue weighted by Crippen LogP contribution is -2.14. The summed E-state index contributed by atoms with van der Waals surface area (Å²) in [5.74, 6) is 0.219. The van der Waals surface area contributed by atoms with Gasteiger partial charge in [0, 0.05) is 10.6 Å². The lowest BCUT2D eigenvalue weighted by atomic mass is 10.3. The van der Waals surface area contributed by atoms with E-state index in [9.17, 15) is 4.57 Å². The van der Waals surface area contributed by atoms with Crippen molar-refractivity contribution in [2.75, 3.05) is 25.6 Å². The number of thiophene rings is 1. The molecule has 1 unspecified atom stereocenters. The highest BCUT2D eigenvalue weighted by molar-refractivity contribution is 7.54. The van der Waals surface area contributed by atoms with E-state index in [1.54, 1.807) is 7.11 Å². The van der Waals surface area contributed by atoms with Crippen molar-refractivity contribution in [3.05, 3.63) is 46.7 Å². The minimum Gasteiger partial charge on any atom is -0.497 e. The molecular formula is C16H22NO4PS. The van der Waals surface area contributed by atoms with Crippen LogP contribution in [0.3, 0.4) is 0 Å². The molecule has 0 saturated heterocycles. The molecule has 7 heteroatoms. The fraction of sp³-hybridized carbons (Fsp3) is 0.375. The molecule has 0 bridgehead atoms. The average molecular weight is 355 g/mol. The van der Waals surface area contributed by atoms with E-state index >= 15 is 0 Å². The molecule has 2 rings (SSSR count). The van der Waals surface area contributed by atoms with Crippen molar-refractivity contribution in [3.63, 3.8) is 0 Å². The lowest BCUT2D eigenvalue weighted by molar-refractivity contribution is 0.214. The third-order valence-corrected chi connectivity index (χ3v) is 6.53. The molecule has 1 heterocycles. The molecule has 2 aromatic rings. The van der Waals surface area contributed by atoms with Crippen LogP contribution in [0.4, 0.5) is 5.69 Å². The standard InChI is InChI=1S/C16H22NO4PS/c1-4-20-22(18,21-5-2)16(15-7-6-12-23-15)17-13-8-10-14(19-3)11-9-13/h6-12,16-17H,4-5H2,1-3H3. The van der Waals surface area contributed by atoms with Crippen LogP contribution in [0.5, 0.6) is 5.75 Å². The minimum absolute atomic E-state index is 0.323. The molecule has 0 aliphatic rings. The summed E-state index contributed by atoms with van der Waals surface area (Å²) in [4.78, 5) is 0.908.